The third-order valence-corrected chi connectivity index (χ3v) is 5.57. The minimum atomic E-state index is -3.37. The smallest absolute Gasteiger partial charge is 0.208 e. The zero-order chi connectivity index (χ0) is 13.2. The molecule has 0 unspecified atom stereocenters. The summed E-state index contributed by atoms with van der Waals surface area (Å²) in [6, 6.07) is 8.67. The molecule has 1 saturated carbocycles. The van der Waals surface area contributed by atoms with E-state index in [1.807, 2.05) is 6.07 Å². The van der Waals surface area contributed by atoms with Crippen molar-refractivity contribution in [3.63, 3.8) is 0 Å². The maximum absolute atomic E-state index is 12.2. The van der Waals surface area contributed by atoms with Crippen molar-refractivity contribution < 1.29 is 8.42 Å². The van der Waals surface area contributed by atoms with Gasteiger partial charge in [0.1, 0.15) is 0 Å². The van der Waals surface area contributed by atoms with E-state index in [1.165, 1.54) is 6.42 Å². The first-order chi connectivity index (χ1) is 8.50. The lowest BCUT2D eigenvalue weighted by Gasteiger charge is -2.34. The van der Waals surface area contributed by atoms with Crippen molar-refractivity contribution in [3.8, 4) is 0 Å². The second kappa shape index (κ2) is 5.41. The molecule has 0 aliphatic heterocycles. The standard InChI is InChI=1S/C14H21NO2S/c1-11-7-6-10-14(12(11)2)15-18(16,17)13-8-4-3-5-9-13/h3-5,8-9,11-12,14-15H,6-7,10H2,1-2H3/t11-,12+,14+/m0/s1. The van der Waals surface area contributed by atoms with E-state index in [4.69, 9.17) is 0 Å². The van der Waals surface area contributed by atoms with Crippen molar-refractivity contribution in [2.24, 2.45) is 11.8 Å². The van der Waals surface area contributed by atoms with Crippen molar-refractivity contribution in [2.75, 3.05) is 0 Å². The van der Waals surface area contributed by atoms with Gasteiger partial charge in [-0.3, -0.25) is 0 Å². The van der Waals surface area contributed by atoms with Crippen LogP contribution in [0.4, 0.5) is 0 Å². The average molecular weight is 267 g/mol. The SMILES string of the molecule is C[C@@H]1[C@@H](C)CCC[C@H]1NS(=O)(=O)c1ccccc1. The third-order valence-electron chi connectivity index (χ3n) is 4.07. The molecule has 0 amide bonds. The van der Waals surface area contributed by atoms with Gasteiger partial charge in [-0.2, -0.15) is 0 Å². The summed E-state index contributed by atoms with van der Waals surface area (Å²) in [5.41, 5.74) is 0. The number of sulfonamides is 1. The summed E-state index contributed by atoms with van der Waals surface area (Å²) in [6.45, 7) is 4.34. The topological polar surface area (TPSA) is 46.2 Å². The summed E-state index contributed by atoms with van der Waals surface area (Å²) >= 11 is 0. The molecule has 0 aromatic heterocycles. The van der Waals surface area contributed by atoms with Crippen LogP contribution in [0.1, 0.15) is 33.1 Å². The highest BCUT2D eigenvalue weighted by Gasteiger charge is 2.30. The predicted molar refractivity (Wildman–Crippen MR) is 72.7 cm³/mol. The van der Waals surface area contributed by atoms with E-state index in [0.29, 0.717) is 16.7 Å². The van der Waals surface area contributed by atoms with E-state index >= 15 is 0 Å². The molecule has 1 aliphatic carbocycles. The Labute approximate surface area is 110 Å². The van der Waals surface area contributed by atoms with Gasteiger partial charge in [-0.15, -0.1) is 0 Å². The van der Waals surface area contributed by atoms with Gasteiger partial charge in [0, 0.05) is 6.04 Å². The van der Waals surface area contributed by atoms with E-state index in [1.54, 1.807) is 24.3 Å². The molecule has 3 nitrogen and oxygen atoms in total. The molecule has 1 aromatic carbocycles. The van der Waals surface area contributed by atoms with Crippen LogP contribution in [0.25, 0.3) is 0 Å². The molecule has 2 rings (SSSR count). The Morgan fingerprint density at radius 1 is 1.11 bits per heavy atom. The van der Waals surface area contributed by atoms with Crippen LogP contribution < -0.4 is 4.72 Å². The second-order valence-electron chi connectivity index (χ2n) is 5.31. The number of hydrogen-bond donors (Lipinski definition) is 1. The molecule has 1 aromatic rings. The second-order valence-corrected chi connectivity index (χ2v) is 7.02. The van der Waals surface area contributed by atoms with Gasteiger partial charge in [0.2, 0.25) is 10.0 Å². The van der Waals surface area contributed by atoms with Crippen LogP contribution in [-0.4, -0.2) is 14.5 Å². The highest BCUT2D eigenvalue weighted by molar-refractivity contribution is 7.89. The van der Waals surface area contributed by atoms with Crippen LogP contribution in [0.5, 0.6) is 0 Å². The monoisotopic (exact) mass is 267 g/mol. The molecule has 1 aliphatic rings. The molecular weight excluding hydrogens is 246 g/mol. The van der Waals surface area contributed by atoms with Gasteiger partial charge in [0.05, 0.1) is 4.90 Å². The van der Waals surface area contributed by atoms with Crippen molar-refractivity contribution in [2.45, 2.75) is 44.0 Å². The molecule has 1 fully saturated rings. The Hall–Kier alpha value is -0.870. The van der Waals surface area contributed by atoms with Gasteiger partial charge < -0.3 is 0 Å². The largest absolute Gasteiger partial charge is 0.240 e. The number of benzene rings is 1. The maximum atomic E-state index is 12.2. The first kappa shape index (κ1) is 13.6. The first-order valence-electron chi connectivity index (χ1n) is 6.58. The lowest BCUT2D eigenvalue weighted by molar-refractivity contribution is 0.227. The highest BCUT2D eigenvalue weighted by Crippen LogP contribution is 2.30. The molecule has 1 N–H and O–H groups in total. The number of rotatable bonds is 3. The van der Waals surface area contributed by atoms with Crippen LogP contribution >= 0.6 is 0 Å². The van der Waals surface area contributed by atoms with Crippen molar-refractivity contribution in [1.82, 2.24) is 4.72 Å². The zero-order valence-corrected chi connectivity index (χ0v) is 11.8. The Kier molecular flexibility index (Phi) is 4.07. The quantitative estimate of drug-likeness (QED) is 0.915. The molecule has 3 atom stereocenters. The summed E-state index contributed by atoms with van der Waals surface area (Å²) in [7, 11) is -3.37. The fourth-order valence-electron chi connectivity index (χ4n) is 2.62. The van der Waals surface area contributed by atoms with E-state index in [9.17, 15) is 8.42 Å². The minimum absolute atomic E-state index is 0.0685. The molecule has 4 heteroatoms. The van der Waals surface area contributed by atoms with Gasteiger partial charge in [-0.25, -0.2) is 13.1 Å². The Morgan fingerprint density at radius 2 is 1.78 bits per heavy atom. The zero-order valence-electron chi connectivity index (χ0n) is 11.0. The van der Waals surface area contributed by atoms with E-state index < -0.39 is 10.0 Å². The van der Waals surface area contributed by atoms with Crippen LogP contribution in [0.3, 0.4) is 0 Å². The van der Waals surface area contributed by atoms with Gasteiger partial charge in [0.25, 0.3) is 0 Å². The molecule has 0 bridgehead atoms. The van der Waals surface area contributed by atoms with Crippen LogP contribution in [0.15, 0.2) is 35.2 Å². The Balaban J connectivity index is 2.13. The van der Waals surface area contributed by atoms with Crippen molar-refractivity contribution in [3.05, 3.63) is 30.3 Å². The highest BCUT2D eigenvalue weighted by atomic mass is 32.2. The molecule has 0 spiro atoms. The lowest BCUT2D eigenvalue weighted by atomic mass is 9.78. The molecular formula is C14H21NO2S. The fraction of sp³-hybridized carbons (Fsp3) is 0.571. The van der Waals surface area contributed by atoms with Crippen LogP contribution in [0.2, 0.25) is 0 Å². The normalized spacial score (nSPS) is 29.1. The van der Waals surface area contributed by atoms with Crippen LogP contribution in [-0.2, 0) is 10.0 Å². The summed E-state index contributed by atoms with van der Waals surface area (Å²) in [5, 5.41) is 0. The summed E-state index contributed by atoms with van der Waals surface area (Å²) in [6.07, 6.45) is 3.25. The minimum Gasteiger partial charge on any atom is -0.208 e. The van der Waals surface area contributed by atoms with Gasteiger partial charge >= 0.3 is 0 Å². The average Bonchev–Trinajstić information content (AvgIpc) is 2.36. The van der Waals surface area contributed by atoms with E-state index in [0.717, 1.165) is 12.8 Å². The molecule has 0 heterocycles. The predicted octanol–water partition coefficient (Wildman–Crippen LogP) is 2.79. The van der Waals surface area contributed by atoms with Crippen molar-refractivity contribution >= 4 is 10.0 Å². The third kappa shape index (κ3) is 2.93. The number of hydrogen-bond acceptors (Lipinski definition) is 2. The fourth-order valence-corrected chi connectivity index (χ4v) is 4.00. The Bertz CT molecular complexity index is 484. The maximum Gasteiger partial charge on any atom is 0.240 e. The van der Waals surface area contributed by atoms with Gasteiger partial charge in [-0.05, 0) is 30.4 Å². The number of nitrogens with one attached hydrogen (secondary N) is 1. The first-order valence-corrected chi connectivity index (χ1v) is 8.06. The molecule has 18 heavy (non-hydrogen) atoms. The van der Waals surface area contributed by atoms with E-state index in [2.05, 4.69) is 18.6 Å². The summed E-state index contributed by atoms with van der Waals surface area (Å²) < 4.78 is 27.3. The molecule has 100 valence electrons. The van der Waals surface area contributed by atoms with E-state index in [-0.39, 0.29) is 6.04 Å². The van der Waals surface area contributed by atoms with Crippen LogP contribution in [0, 0.1) is 11.8 Å². The molecule has 0 radical (unpaired) electrons. The lowest BCUT2D eigenvalue weighted by Crippen LogP contribution is -2.43. The van der Waals surface area contributed by atoms with Gasteiger partial charge in [0.15, 0.2) is 0 Å². The summed E-state index contributed by atoms with van der Waals surface area (Å²) in [4.78, 5) is 0.357. The summed E-state index contributed by atoms with van der Waals surface area (Å²) in [5.74, 6) is 0.986. The van der Waals surface area contributed by atoms with Gasteiger partial charge in [-0.1, -0.05) is 44.9 Å². The van der Waals surface area contributed by atoms with Crippen molar-refractivity contribution in [1.29, 1.82) is 0 Å². The molecule has 0 saturated heterocycles. The Morgan fingerprint density at radius 3 is 2.44 bits per heavy atom.